The normalized spacial score (nSPS) is 25.8. The first kappa shape index (κ1) is 11.2. The Bertz CT molecular complexity index is 359. The van der Waals surface area contributed by atoms with E-state index in [9.17, 15) is 0 Å². The van der Waals surface area contributed by atoms with Gasteiger partial charge >= 0.3 is 0 Å². The number of ether oxygens (including phenoxy) is 1. The number of nitrogens with zero attached hydrogens (tertiary/aromatic N) is 2. The molecular weight excluding hydrogens is 206 g/mol. The van der Waals surface area contributed by atoms with E-state index in [4.69, 9.17) is 15.6 Å². The van der Waals surface area contributed by atoms with Crippen LogP contribution in [0.15, 0.2) is 18.5 Å². The summed E-state index contributed by atoms with van der Waals surface area (Å²) in [7, 11) is 0. The van der Waals surface area contributed by atoms with Gasteiger partial charge in [-0.25, -0.2) is 0 Å². The lowest BCUT2D eigenvalue weighted by molar-refractivity contribution is -0.0103. The highest BCUT2D eigenvalue weighted by Gasteiger charge is 2.25. The van der Waals surface area contributed by atoms with Crippen LogP contribution in [0.25, 0.3) is 0 Å². The second-order valence-electron chi connectivity index (χ2n) is 4.12. The molecule has 5 heteroatoms. The molecular formula is C11H17N3O2. The summed E-state index contributed by atoms with van der Waals surface area (Å²) in [5, 5.41) is 9.10. The monoisotopic (exact) mass is 223 g/mol. The first-order valence-electron chi connectivity index (χ1n) is 5.40. The van der Waals surface area contributed by atoms with E-state index < -0.39 is 0 Å². The fourth-order valence-corrected chi connectivity index (χ4v) is 1.89. The number of nitrogens with two attached hydrogens (primary N) is 1. The molecule has 2 rings (SSSR count). The second kappa shape index (κ2) is 4.67. The van der Waals surface area contributed by atoms with Crippen molar-refractivity contribution in [3.8, 4) is 0 Å². The number of nitrogen functional groups attached to an aromatic ring is 1. The Morgan fingerprint density at radius 2 is 2.44 bits per heavy atom. The molecule has 16 heavy (non-hydrogen) atoms. The number of aromatic nitrogens is 1. The van der Waals surface area contributed by atoms with Crippen LogP contribution >= 0.6 is 0 Å². The van der Waals surface area contributed by atoms with Crippen LogP contribution < -0.4 is 10.6 Å². The van der Waals surface area contributed by atoms with Gasteiger partial charge in [0, 0.05) is 18.8 Å². The number of anilines is 2. The van der Waals surface area contributed by atoms with E-state index in [1.54, 1.807) is 12.4 Å². The highest BCUT2D eigenvalue weighted by atomic mass is 16.5. The maximum Gasteiger partial charge on any atom is 0.0981 e. The lowest BCUT2D eigenvalue weighted by atomic mass is 10.2. The lowest BCUT2D eigenvalue weighted by Crippen LogP contribution is -2.49. The summed E-state index contributed by atoms with van der Waals surface area (Å²) < 4.78 is 5.48. The van der Waals surface area contributed by atoms with Gasteiger partial charge in [0.05, 0.1) is 36.9 Å². The van der Waals surface area contributed by atoms with Crippen LogP contribution in [0.5, 0.6) is 0 Å². The fourth-order valence-electron chi connectivity index (χ4n) is 1.89. The zero-order valence-electron chi connectivity index (χ0n) is 9.34. The number of aliphatic hydroxyl groups excluding tert-OH is 1. The van der Waals surface area contributed by atoms with Gasteiger partial charge in [-0.05, 0) is 13.0 Å². The average Bonchev–Trinajstić information content (AvgIpc) is 2.30. The Balaban J connectivity index is 2.17. The summed E-state index contributed by atoms with van der Waals surface area (Å²) in [6.45, 7) is 3.40. The summed E-state index contributed by atoms with van der Waals surface area (Å²) in [5.41, 5.74) is 7.34. The van der Waals surface area contributed by atoms with Gasteiger partial charge in [0.1, 0.15) is 0 Å². The molecule has 0 radical (unpaired) electrons. The summed E-state index contributed by atoms with van der Waals surface area (Å²) >= 11 is 0. The number of morpholine rings is 1. The predicted octanol–water partition coefficient (Wildman–Crippen LogP) is 0.250. The van der Waals surface area contributed by atoms with Crippen LogP contribution in [-0.2, 0) is 4.74 Å². The van der Waals surface area contributed by atoms with Crippen LogP contribution in [0.2, 0.25) is 0 Å². The van der Waals surface area contributed by atoms with Gasteiger partial charge in [0.25, 0.3) is 0 Å². The maximum absolute atomic E-state index is 9.10. The van der Waals surface area contributed by atoms with Gasteiger partial charge in [-0.3, -0.25) is 4.98 Å². The van der Waals surface area contributed by atoms with E-state index in [1.165, 1.54) is 0 Å². The van der Waals surface area contributed by atoms with Crippen LogP contribution in [0.3, 0.4) is 0 Å². The molecule has 0 aromatic carbocycles. The smallest absolute Gasteiger partial charge is 0.0981 e. The number of pyridine rings is 1. The van der Waals surface area contributed by atoms with E-state index >= 15 is 0 Å². The predicted molar refractivity (Wildman–Crippen MR) is 62.3 cm³/mol. The maximum atomic E-state index is 9.10. The third-order valence-corrected chi connectivity index (χ3v) is 2.79. The SMILES string of the molecule is CC1COC(CO)CN1c1cncc(N)c1. The topological polar surface area (TPSA) is 71.6 Å². The Morgan fingerprint density at radius 3 is 3.12 bits per heavy atom. The molecule has 0 amide bonds. The van der Waals surface area contributed by atoms with Gasteiger partial charge < -0.3 is 20.5 Å². The molecule has 1 saturated heterocycles. The van der Waals surface area contributed by atoms with Gasteiger partial charge in [-0.15, -0.1) is 0 Å². The number of aliphatic hydroxyl groups is 1. The molecule has 88 valence electrons. The lowest BCUT2D eigenvalue weighted by Gasteiger charge is -2.38. The third kappa shape index (κ3) is 2.25. The van der Waals surface area contributed by atoms with E-state index in [1.807, 2.05) is 6.07 Å². The summed E-state index contributed by atoms with van der Waals surface area (Å²) in [6.07, 6.45) is 3.28. The van der Waals surface area contributed by atoms with Crippen LogP contribution in [0.4, 0.5) is 11.4 Å². The van der Waals surface area contributed by atoms with Crippen LogP contribution in [0, 0.1) is 0 Å². The molecule has 2 atom stereocenters. The Hall–Kier alpha value is -1.33. The van der Waals surface area contributed by atoms with Crippen molar-refractivity contribution in [2.75, 3.05) is 30.4 Å². The Labute approximate surface area is 94.8 Å². The van der Waals surface area contributed by atoms with Crippen LogP contribution in [-0.4, -0.2) is 42.0 Å². The third-order valence-electron chi connectivity index (χ3n) is 2.79. The minimum Gasteiger partial charge on any atom is -0.397 e. The molecule has 2 unspecified atom stereocenters. The molecule has 1 aromatic rings. The van der Waals surface area contributed by atoms with Crippen molar-refractivity contribution in [1.29, 1.82) is 0 Å². The van der Waals surface area contributed by atoms with Crippen molar-refractivity contribution in [1.82, 2.24) is 4.98 Å². The van der Waals surface area contributed by atoms with E-state index in [2.05, 4.69) is 16.8 Å². The number of hydrogen-bond donors (Lipinski definition) is 2. The largest absolute Gasteiger partial charge is 0.397 e. The molecule has 0 aliphatic carbocycles. The molecule has 0 spiro atoms. The minimum atomic E-state index is -0.127. The van der Waals surface area contributed by atoms with Crippen molar-refractivity contribution in [3.63, 3.8) is 0 Å². The standard InChI is InChI=1S/C11H17N3O2/c1-8-7-16-11(6-15)5-14(8)10-2-9(12)3-13-4-10/h2-4,8,11,15H,5-7,12H2,1H3. The van der Waals surface area contributed by atoms with Gasteiger partial charge in [0.2, 0.25) is 0 Å². The molecule has 1 aliphatic heterocycles. The molecule has 1 aliphatic rings. The quantitative estimate of drug-likeness (QED) is 0.752. The van der Waals surface area contributed by atoms with Gasteiger partial charge in [-0.1, -0.05) is 0 Å². The Kier molecular flexibility index (Phi) is 3.26. The van der Waals surface area contributed by atoms with Crippen molar-refractivity contribution in [2.24, 2.45) is 0 Å². The molecule has 1 fully saturated rings. The van der Waals surface area contributed by atoms with E-state index in [0.29, 0.717) is 18.8 Å². The highest BCUT2D eigenvalue weighted by molar-refractivity contribution is 5.54. The summed E-state index contributed by atoms with van der Waals surface area (Å²) in [4.78, 5) is 6.24. The minimum absolute atomic E-state index is 0.0406. The molecule has 3 N–H and O–H groups in total. The zero-order valence-corrected chi connectivity index (χ0v) is 9.34. The molecule has 0 bridgehead atoms. The molecule has 2 heterocycles. The summed E-state index contributed by atoms with van der Waals surface area (Å²) in [6, 6.07) is 2.16. The van der Waals surface area contributed by atoms with Crippen molar-refractivity contribution in [3.05, 3.63) is 18.5 Å². The zero-order chi connectivity index (χ0) is 11.5. The van der Waals surface area contributed by atoms with Crippen molar-refractivity contribution >= 4 is 11.4 Å². The molecule has 0 saturated carbocycles. The fraction of sp³-hybridized carbons (Fsp3) is 0.545. The van der Waals surface area contributed by atoms with E-state index in [0.717, 1.165) is 5.69 Å². The summed E-state index contributed by atoms with van der Waals surface area (Å²) in [5.74, 6) is 0. The number of rotatable bonds is 2. The van der Waals surface area contributed by atoms with E-state index in [-0.39, 0.29) is 18.8 Å². The average molecular weight is 223 g/mol. The number of hydrogen-bond acceptors (Lipinski definition) is 5. The van der Waals surface area contributed by atoms with Crippen LogP contribution in [0.1, 0.15) is 6.92 Å². The Morgan fingerprint density at radius 1 is 1.62 bits per heavy atom. The van der Waals surface area contributed by atoms with Crippen molar-refractivity contribution in [2.45, 2.75) is 19.1 Å². The first-order valence-corrected chi connectivity index (χ1v) is 5.40. The second-order valence-corrected chi connectivity index (χ2v) is 4.12. The van der Waals surface area contributed by atoms with Gasteiger partial charge in [-0.2, -0.15) is 0 Å². The van der Waals surface area contributed by atoms with Gasteiger partial charge in [0.15, 0.2) is 0 Å². The molecule has 1 aromatic heterocycles. The molecule has 5 nitrogen and oxygen atoms in total. The first-order chi connectivity index (χ1) is 7.70. The van der Waals surface area contributed by atoms with Crippen molar-refractivity contribution < 1.29 is 9.84 Å². The highest BCUT2D eigenvalue weighted by Crippen LogP contribution is 2.22.